The zero-order valence-corrected chi connectivity index (χ0v) is 16.1. The van der Waals surface area contributed by atoms with E-state index >= 15 is 0 Å². The van der Waals surface area contributed by atoms with Gasteiger partial charge in [0, 0.05) is 13.0 Å². The van der Waals surface area contributed by atoms with E-state index in [9.17, 15) is 4.79 Å². The molecule has 0 radical (unpaired) electrons. The van der Waals surface area contributed by atoms with Gasteiger partial charge < -0.3 is 10.2 Å². The smallest absolute Gasteiger partial charge is 0.220 e. The first-order chi connectivity index (χ1) is 12.6. The van der Waals surface area contributed by atoms with Crippen LogP contribution in [0.15, 0.2) is 54.6 Å². The summed E-state index contributed by atoms with van der Waals surface area (Å²) < 4.78 is 1.21. The second-order valence-electron chi connectivity index (χ2n) is 6.62. The van der Waals surface area contributed by atoms with Gasteiger partial charge in [0.15, 0.2) is 0 Å². The van der Waals surface area contributed by atoms with Gasteiger partial charge in [-0.15, -0.1) is 11.3 Å². The fraction of sp³-hybridized carbons (Fsp3) is 0.333. The number of hydrogen-bond donors (Lipinski definition) is 1. The molecule has 1 amide bonds. The number of carbonyl (C=O) groups excluding carboxylic acids is 1. The van der Waals surface area contributed by atoms with Crippen LogP contribution in [-0.2, 0) is 11.2 Å². The lowest BCUT2D eigenvalue weighted by Gasteiger charge is -2.25. The summed E-state index contributed by atoms with van der Waals surface area (Å²) in [6, 6.07) is 18.6. The molecule has 0 fully saturated rings. The Labute approximate surface area is 158 Å². The average molecular weight is 368 g/mol. The summed E-state index contributed by atoms with van der Waals surface area (Å²) in [5.41, 5.74) is 2.26. The Morgan fingerprint density at radius 2 is 1.85 bits per heavy atom. The predicted octanol–water partition coefficient (Wildman–Crippen LogP) is 4.04. The molecule has 4 nitrogen and oxygen atoms in total. The van der Waals surface area contributed by atoms with E-state index in [2.05, 4.69) is 33.4 Å². The Kier molecular flexibility index (Phi) is 6.36. The zero-order valence-electron chi connectivity index (χ0n) is 15.3. The maximum Gasteiger partial charge on any atom is 0.220 e. The molecule has 0 aliphatic carbocycles. The molecule has 0 spiro atoms. The van der Waals surface area contributed by atoms with Crippen LogP contribution in [0.4, 0.5) is 0 Å². The summed E-state index contributed by atoms with van der Waals surface area (Å²) in [6.07, 6.45) is 2.21. The molecule has 2 aromatic carbocycles. The molecule has 0 saturated carbocycles. The number of hydrogen-bond acceptors (Lipinski definition) is 4. The maximum atomic E-state index is 12.2. The molecule has 26 heavy (non-hydrogen) atoms. The number of carbonyl (C=O) groups is 1. The molecule has 1 heterocycles. The van der Waals surface area contributed by atoms with Crippen LogP contribution in [0.1, 0.15) is 29.5 Å². The number of para-hydroxylation sites is 1. The van der Waals surface area contributed by atoms with Crippen molar-refractivity contribution in [2.24, 2.45) is 0 Å². The molecule has 3 aromatic rings. The van der Waals surface area contributed by atoms with E-state index in [4.69, 9.17) is 0 Å². The lowest BCUT2D eigenvalue weighted by atomic mass is 10.1. The van der Waals surface area contributed by atoms with Gasteiger partial charge in [0.05, 0.1) is 21.3 Å². The van der Waals surface area contributed by atoms with Crippen LogP contribution in [0.5, 0.6) is 0 Å². The molecule has 136 valence electrons. The quantitative estimate of drug-likeness (QED) is 0.654. The third-order valence-electron chi connectivity index (χ3n) is 4.43. The number of nitrogens with zero attached hydrogens (tertiary/aromatic N) is 2. The second kappa shape index (κ2) is 8.92. The monoisotopic (exact) mass is 367 g/mol. The fourth-order valence-corrected chi connectivity index (χ4v) is 4.01. The number of aryl methyl sites for hydroxylation is 1. The van der Waals surface area contributed by atoms with Gasteiger partial charge >= 0.3 is 0 Å². The molecule has 1 atom stereocenters. The summed E-state index contributed by atoms with van der Waals surface area (Å²) in [4.78, 5) is 19.0. The van der Waals surface area contributed by atoms with E-state index < -0.39 is 0 Å². The van der Waals surface area contributed by atoms with Crippen molar-refractivity contribution < 1.29 is 4.79 Å². The fourth-order valence-electron chi connectivity index (χ4n) is 3.00. The van der Waals surface area contributed by atoms with Crippen molar-refractivity contribution in [3.8, 4) is 0 Å². The van der Waals surface area contributed by atoms with Crippen LogP contribution in [0.2, 0.25) is 0 Å². The third-order valence-corrected chi connectivity index (χ3v) is 5.53. The predicted molar refractivity (Wildman–Crippen MR) is 108 cm³/mol. The van der Waals surface area contributed by atoms with Crippen LogP contribution in [-0.4, -0.2) is 36.4 Å². The van der Waals surface area contributed by atoms with Crippen molar-refractivity contribution in [1.29, 1.82) is 0 Å². The number of aromatic nitrogens is 1. The highest BCUT2D eigenvalue weighted by Gasteiger charge is 2.15. The SMILES string of the molecule is CN(C)C(CNC(=O)CCCc1nc2ccccc2s1)c1ccccc1. The number of amides is 1. The van der Waals surface area contributed by atoms with Crippen LogP contribution in [0.25, 0.3) is 10.2 Å². The first-order valence-corrected chi connectivity index (χ1v) is 9.77. The number of likely N-dealkylation sites (N-methyl/N-ethyl adjacent to an activating group) is 1. The van der Waals surface area contributed by atoms with E-state index in [1.807, 2.05) is 50.5 Å². The van der Waals surface area contributed by atoms with Gasteiger partial charge in [0.25, 0.3) is 0 Å². The lowest BCUT2D eigenvalue weighted by molar-refractivity contribution is -0.121. The van der Waals surface area contributed by atoms with Crippen molar-refractivity contribution >= 4 is 27.5 Å². The standard InChI is InChI=1S/C21H25N3OS/c1-24(2)18(16-9-4-3-5-10-16)15-22-20(25)13-8-14-21-23-17-11-6-7-12-19(17)26-21/h3-7,9-12,18H,8,13-15H2,1-2H3,(H,22,25). The molecule has 0 saturated heterocycles. The summed E-state index contributed by atoms with van der Waals surface area (Å²) in [5, 5.41) is 4.18. The number of benzene rings is 2. The van der Waals surface area contributed by atoms with Gasteiger partial charge in [-0.1, -0.05) is 42.5 Å². The number of thiazole rings is 1. The Balaban J connectivity index is 1.46. The van der Waals surface area contributed by atoms with E-state index in [1.54, 1.807) is 11.3 Å². The van der Waals surface area contributed by atoms with Crippen LogP contribution < -0.4 is 5.32 Å². The summed E-state index contributed by atoms with van der Waals surface area (Å²) in [5.74, 6) is 0.105. The number of fused-ring (bicyclic) bond motifs is 1. The van der Waals surface area contributed by atoms with Gasteiger partial charge in [-0.05, 0) is 44.6 Å². The highest BCUT2D eigenvalue weighted by molar-refractivity contribution is 7.18. The van der Waals surface area contributed by atoms with Crippen molar-refractivity contribution in [3.05, 3.63) is 65.2 Å². The van der Waals surface area contributed by atoms with Crippen molar-refractivity contribution in [2.45, 2.75) is 25.3 Å². The van der Waals surface area contributed by atoms with E-state index in [0.29, 0.717) is 13.0 Å². The van der Waals surface area contributed by atoms with Gasteiger partial charge in [-0.25, -0.2) is 4.98 Å². The van der Waals surface area contributed by atoms with E-state index in [1.165, 1.54) is 10.3 Å². The normalized spacial score (nSPS) is 12.4. The molecule has 0 bridgehead atoms. The molecule has 1 unspecified atom stereocenters. The zero-order chi connectivity index (χ0) is 18.4. The Morgan fingerprint density at radius 1 is 1.12 bits per heavy atom. The second-order valence-corrected chi connectivity index (χ2v) is 7.74. The van der Waals surface area contributed by atoms with E-state index in [0.717, 1.165) is 23.4 Å². The first kappa shape index (κ1) is 18.5. The van der Waals surface area contributed by atoms with Crippen molar-refractivity contribution in [1.82, 2.24) is 15.2 Å². The summed E-state index contributed by atoms with van der Waals surface area (Å²) in [6.45, 7) is 0.622. The Hall–Kier alpha value is -2.24. The largest absolute Gasteiger partial charge is 0.354 e. The molecule has 5 heteroatoms. The minimum Gasteiger partial charge on any atom is -0.354 e. The molecule has 1 aromatic heterocycles. The van der Waals surface area contributed by atoms with Crippen LogP contribution >= 0.6 is 11.3 Å². The number of rotatable bonds is 8. The highest BCUT2D eigenvalue weighted by Crippen LogP contribution is 2.22. The van der Waals surface area contributed by atoms with Gasteiger partial charge in [0.1, 0.15) is 0 Å². The van der Waals surface area contributed by atoms with Gasteiger partial charge in [-0.2, -0.15) is 0 Å². The highest BCUT2D eigenvalue weighted by atomic mass is 32.1. The Bertz CT molecular complexity index is 812. The minimum absolute atomic E-state index is 0.105. The molecular formula is C21H25N3OS. The first-order valence-electron chi connectivity index (χ1n) is 8.96. The van der Waals surface area contributed by atoms with Crippen LogP contribution in [0, 0.1) is 0 Å². The topological polar surface area (TPSA) is 45.2 Å². The van der Waals surface area contributed by atoms with Gasteiger partial charge in [-0.3, -0.25) is 4.79 Å². The van der Waals surface area contributed by atoms with Crippen LogP contribution in [0.3, 0.4) is 0 Å². The minimum atomic E-state index is 0.105. The molecule has 3 rings (SSSR count). The summed E-state index contributed by atoms with van der Waals surface area (Å²) in [7, 11) is 4.08. The summed E-state index contributed by atoms with van der Waals surface area (Å²) >= 11 is 1.72. The van der Waals surface area contributed by atoms with Gasteiger partial charge in [0.2, 0.25) is 5.91 Å². The Morgan fingerprint density at radius 3 is 2.58 bits per heavy atom. The molecule has 0 aliphatic rings. The van der Waals surface area contributed by atoms with E-state index in [-0.39, 0.29) is 11.9 Å². The van der Waals surface area contributed by atoms with Crippen molar-refractivity contribution in [2.75, 3.05) is 20.6 Å². The lowest BCUT2D eigenvalue weighted by Crippen LogP contribution is -2.34. The number of nitrogens with one attached hydrogen (secondary N) is 1. The van der Waals surface area contributed by atoms with Crippen molar-refractivity contribution in [3.63, 3.8) is 0 Å². The maximum absolute atomic E-state index is 12.2. The molecular weight excluding hydrogens is 342 g/mol. The third kappa shape index (κ3) is 4.90. The average Bonchev–Trinajstić information content (AvgIpc) is 3.05. The molecule has 1 N–H and O–H groups in total. The molecule has 0 aliphatic heterocycles.